The number of aryl methyl sites for hydroxylation is 1. The van der Waals surface area contributed by atoms with Crippen LogP contribution in [0.2, 0.25) is 0 Å². The Balaban J connectivity index is 2.37. The van der Waals surface area contributed by atoms with E-state index in [0.717, 1.165) is 5.56 Å². The first kappa shape index (κ1) is 12.3. The second-order valence-corrected chi connectivity index (χ2v) is 3.72. The normalized spacial score (nSPS) is 12.1. The lowest BCUT2D eigenvalue weighted by atomic mass is 10.1. The zero-order valence-electron chi connectivity index (χ0n) is 9.32. The molecule has 2 N–H and O–H groups in total. The average molecular weight is 225 g/mol. The van der Waals surface area contributed by atoms with Gasteiger partial charge in [-0.3, -0.25) is 9.59 Å². The van der Waals surface area contributed by atoms with Crippen molar-refractivity contribution in [3.63, 3.8) is 0 Å². The van der Waals surface area contributed by atoms with Crippen molar-refractivity contribution in [2.24, 2.45) is 5.92 Å². The van der Waals surface area contributed by atoms with Gasteiger partial charge in [-0.1, -0.05) is 6.92 Å². The molecule has 1 atom stereocenters. The maximum atomic E-state index is 11.5. The average Bonchev–Trinajstić information content (AvgIpc) is 2.64. The van der Waals surface area contributed by atoms with Crippen molar-refractivity contribution in [3.8, 4) is 0 Å². The molecule has 0 saturated heterocycles. The van der Waals surface area contributed by atoms with Gasteiger partial charge in [-0.05, 0) is 19.4 Å². The van der Waals surface area contributed by atoms with Gasteiger partial charge in [-0.2, -0.15) is 0 Å². The lowest BCUT2D eigenvalue weighted by molar-refractivity contribution is -0.141. The molecule has 0 fully saturated rings. The van der Waals surface area contributed by atoms with Gasteiger partial charge in [0.05, 0.1) is 12.2 Å². The molecule has 0 aliphatic heterocycles. The second kappa shape index (κ2) is 5.34. The van der Waals surface area contributed by atoms with Crippen molar-refractivity contribution in [1.29, 1.82) is 0 Å². The third-order valence-electron chi connectivity index (χ3n) is 2.35. The summed E-state index contributed by atoms with van der Waals surface area (Å²) < 4.78 is 5.00. The Kier molecular flexibility index (Phi) is 4.10. The molecule has 0 radical (unpaired) electrons. The van der Waals surface area contributed by atoms with Gasteiger partial charge < -0.3 is 14.8 Å². The number of hydrogen-bond donors (Lipinski definition) is 2. The topological polar surface area (TPSA) is 79.5 Å². The lowest BCUT2D eigenvalue weighted by Gasteiger charge is -2.06. The summed E-state index contributed by atoms with van der Waals surface area (Å²) in [5, 5.41) is 11.3. The predicted octanol–water partition coefficient (Wildman–Crippen LogP) is 1.43. The molecule has 1 rings (SSSR count). The van der Waals surface area contributed by atoms with Crippen molar-refractivity contribution < 1.29 is 19.1 Å². The zero-order chi connectivity index (χ0) is 12.1. The summed E-state index contributed by atoms with van der Waals surface area (Å²) in [6, 6.07) is 1.70. The molecule has 0 aromatic carbocycles. The molecule has 1 heterocycles. The van der Waals surface area contributed by atoms with Crippen LogP contribution in [0.15, 0.2) is 16.7 Å². The first-order chi connectivity index (χ1) is 7.52. The van der Waals surface area contributed by atoms with E-state index in [9.17, 15) is 9.59 Å². The summed E-state index contributed by atoms with van der Waals surface area (Å²) in [4.78, 5) is 22.1. The van der Waals surface area contributed by atoms with Crippen LogP contribution in [0.25, 0.3) is 0 Å². The van der Waals surface area contributed by atoms with Crippen LogP contribution in [-0.2, 0) is 4.79 Å². The Morgan fingerprint density at radius 3 is 2.75 bits per heavy atom. The molecule has 5 heteroatoms. The number of carboxylic acid groups (broad SMARTS) is 1. The molecule has 1 aromatic heterocycles. The second-order valence-electron chi connectivity index (χ2n) is 3.72. The van der Waals surface area contributed by atoms with Gasteiger partial charge in [0.2, 0.25) is 0 Å². The maximum Gasteiger partial charge on any atom is 0.306 e. The van der Waals surface area contributed by atoms with Gasteiger partial charge in [0.15, 0.2) is 5.76 Å². The van der Waals surface area contributed by atoms with Crippen molar-refractivity contribution in [2.45, 2.75) is 20.3 Å². The molecule has 0 bridgehead atoms. The number of hydrogen-bond acceptors (Lipinski definition) is 3. The summed E-state index contributed by atoms with van der Waals surface area (Å²) in [5.41, 5.74) is 0.767. The van der Waals surface area contributed by atoms with Gasteiger partial charge in [0, 0.05) is 12.1 Å². The number of rotatable bonds is 5. The standard InChI is InChI=1S/C11H15NO4/c1-7-4-6-16-9(7)10(13)12-5-3-8(2)11(14)15/h4,6,8H,3,5H2,1-2H3,(H,12,13)(H,14,15). The van der Waals surface area contributed by atoms with Crippen LogP contribution in [0.5, 0.6) is 0 Å². The Bertz CT molecular complexity index is 383. The van der Waals surface area contributed by atoms with Gasteiger partial charge in [-0.25, -0.2) is 0 Å². The molecule has 1 aromatic rings. The third kappa shape index (κ3) is 3.12. The number of amides is 1. The highest BCUT2D eigenvalue weighted by atomic mass is 16.4. The van der Waals surface area contributed by atoms with E-state index in [4.69, 9.17) is 9.52 Å². The molecular weight excluding hydrogens is 210 g/mol. The first-order valence-electron chi connectivity index (χ1n) is 5.07. The van der Waals surface area contributed by atoms with Crippen molar-refractivity contribution in [1.82, 2.24) is 5.32 Å². The first-order valence-corrected chi connectivity index (χ1v) is 5.07. The summed E-state index contributed by atoms with van der Waals surface area (Å²) >= 11 is 0. The fourth-order valence-electron chi connectivity index (χ4n) is 1.21. The van der Waals surface area contributed by atoms with Crippen LogP contribution in [0, 0.1) is 12.8 Å². The number of aliphatic carboxylic acids is 1. The highest BCUT2D eigenvalue weighted by molar-refractivity contribution is 5.92. The van der Waals surface area contributed by atoms with E-state index in [2.05, 4.69) is 5.32 Å². The van der Waals surface area contributed by atoms with Crippen LogP contribution < -0.4 is 5.32 Å². The monoisotopic (exact) mass is 225 g/mol. The molecule has 5 nitrogen and oxygen atoms in total. The Morgan fingerprint density at radius 2 is 2.25 bits per heavy atom. The largest absolute Gasteiger partial charge is 0.481 e. The summed E-state index contributed by atoms with van der Waals surface area (Å²) in [5.74, 6) is -1.34. The van der Waals surface area contributed by atoms with Crippen LogP contribution >= 0.6 is 0 Å². The zero-order valence-corrected chi connectivity index (χ0v) is 9.32. The molecule has 1 amide bonds. The van der Waals surface area contributed by atoms with Gasteiger partial charge >= 0.3 is 5.97 Å². The summed E-state index contributed by atoms with van der Waals surface area (Å²) in [6.45, 7) is 3.71. The molecule has 1 unspecified atom stereocenters. The Hall–Kier alpha value is -1.78. The van der Waals surface area contributed by atoms with Crippen molar-refractivity contribution in [3.05, 3.63) is 23.7 Å². The molecule has 0 spiro atoms. The van der Waals surface area contributed by atoms with E-state index in [1.165, 1.54) is 6.26 Å². The van der Waals surface area contributed by atoms with E-state index in [1.54, 1.807) is 19.9 Å². The molecular formula is C11H15NO4. The van der Waals surface area contributed by atoms with Crippen LogP contribution in [0.1, 0.15) is 29.5 Å². The van der Waals surface area contributed by atoms with Crippen LogP contribution in [-0.4, -0.2) is 23.5 Å². The SMILES string of the molecule is Cc1ccoc1C(=O)NCCC(C)C(=O)O. The van der Waals surface area contributed by atoms with Gasteiger partial charge in [-0.15, -0.1) is 0 Å². The van der Waals surface area contributed by atoms with Crippen LogP contribution in [0.4, 0.5) is 0 Å². The number of nitrogens with one attached hydrogen (secondary N) is 1. The molecule has 0 aliphatic rings. The fraction of sp³-hybridized carbons (Fsp3) is 0.455. The van der Waals surface area contributed by atoms with E-state index in [-0.39, 0.29) is 11.7 Å². The Morgan fingerprint density at radius 1 is 1.56 bits per heavy atom. The maximum absolute atomic E-state index is 11.5. The van der Waals surface area contributed by atoms with E-state index in [0.29, 0.717) is 13.0 Å². The smallest absolute Gasteiger partial charge is 0.306 e. The van der Waals surface area contributed by atoms with Crippen molar-refractivity contribution >= 4 is 11.9 Å². The predicted molar refractivity (Wildman–Crippen MR) is 57.2 cm³/mol. The quantitative estimate of drug-likeness (QED) is 0.794. The minimum atomic E-state index is -0.858. The van der Waals surface area contributed by atoms with Gasteiger partial charge in [0.1, 0.15) is 0 Å². The molecule has 16 heavy (non-hydrogen) atoms. The molecule has 0 saturated carbocycles. The minimum absolute atomic E-state index is 0.281. The number of furan rings is 1. The van der Waals surface area contributed by atoms with Crippen LogP contribution in [0.3, 0.4) is 0 Å². The van der Waals surface area contributed by atoms with Gasteiger partial charge in [0.25, 0.3) is 5.91 Å². The fourth-order valence-corrected chi connectivity index (χ4v) is 1.21. The number of carbonyl (C=O) groups excluding carboxylic acids is 1. The van der Waals surface area contributed by atoms with E-state index in [1.807, 2.05) is 0 Å². The van der Waals surface area contributed by atoms with Crippen molar-refractivity contribution in [2.75, 3.05) is 6.54 Å². The number of carboxylic acids is 1. The summed E-state index contributed by atoms with van der Waals surface area (Å²) in [6.07, 6.45) is 1.85. The van der Waals surface area contributed by atoms with E-state index >= 15 is 0 Å². The Labute approximate surface area is 93.4 Å². The van der Waals surface area contributed by atoms with E-state index < -0.39 is 11.9 Å². The highest BCUT2D eigenvalue weighted by Gasteiger charge is 2.14. The molecule has 0 aliphatic carbocycles. The minimum Gasteiger partial charge on any atom is -0.481 e. The summed E-state index contributed by atoms with van der Waals surface area (Å²) in [7, 11) is 0. The third-order valence-corrected chi connectivity index (χ3v) is 2.35. The lowest BCUT2D eigenvalue weighted by Crippen LogP contribution is -2.27. The highest BCUT2D eigenvalue weighted by Crippen LogP contribution is 2.08. The molecule has 88 valence electrons. The number of carbonyl (C=O) groups is 2.